The van der Waals surface area contributed by atoms with Gasteiger partial charge in [-0.05, 0) is 23.9 Å². The summed E-state index contributed by atoms with van der Waals surface area (Å²) in [5.41, 5.74) is 4.41. The molecule has 1 unspecified atom stereocenters. The van der Waals surface area contributed by atoms with Gasteiger partial charge in [-0.1, -0.05) is 30.3 Å². The Morgan fingerprint density at radius 2 is 2.04 bits per heavy atom. The molecular formula is C18H17N3OS. The molecule has 0 aliphatic carbocycles. The largest absolute Gasteiger partial charge is 0.311 e. The van der Waals surface area contributed by atoms with Crippen LogP contribution in [0.2, 0.25) is 0 Å². The number of nitrogens with one attached hydrogen (secondary N) is 1. The highest BCUT2D eigenvalue weighted by Crippen LogP contribution is 2.44. The number of amides is 1. The van der Waals surface area contributed by atoms with Crippen LogP contribution in [0.15, 0.2) is 41.8 Å². The van der Waals surface area contributed by atoms with Crippen LogP contribution in [0.5, 0.6) is 0 Å². The minimum atomic E-state index is 0.0536. The van der Waals surface area contributed by atoms with E-state index in [0.29, 0.717) is 6.42 Å². The van der Waals surface area contributed by atoms with Gasteiger partial charge in [0.1, 0.15) is 5.82 Å². The van der Waals surface area contributed by atoms with Gasteiger partial charge < -0.3 is 5.32 Å². The molecule has 2 aromatic heterocycles. The van der Waals surface area contributed by atoms with Crippen LogP contribution in [-0.4, -0.2) is 15.7 Å². The molecule has 0 saturated carbocycles. The second-order valence-electron chi connectivity index (χ2n) is 5.87. The summed E-state index contributed by atoms with van der Waals surface area (Å²) in [5.74, 6) is 0.943. The van der Waals surface area contributed by atoms with Crippen molar-refractivity contribution in [2.75, 3.05) is 5.32 Å². The number of hydrogen-bond acceptors (Lipinski definition) is 3. The Bertz CT molecular complexity index is 879. The molecule has 0 bridgehead atoms. The van der Waals surface area contributed by atoms with Crippen LogP contribution in [-0.2, 0) is 11.8 Å². The van der Waals surface area contributed by atoms with Gasteiger partial charge in [0, 0.05) is 35.4 Å². The molecule has 3 heterocycles. The first kappa shape index (κ1) is 14.2. The first-order valence-electron chi connectivity index (χ1n) is 7.61. The third-order valence-electron chi connectivity index (χ3n) is 4.35. The Morgan fingerprint density at radius 3 is 2.74 bits per heavy atom. The van der Waals surface area contributed by atoms with Gasteiger partial charge >= 0.3 is 0 Å². The van der Waals surface area contributed by atoms with Crippen molar-refractivity contribution in [1.82, 2.24) is 9.78 Å². The molecule has 1 N–H and O–H groups in total. The third kappa shape index (κ3) is 2.28. The summed E-state index contributed by atoms with van der Waals surface area (Å²) in [6.45, 7) is 2.11. The first-order chi connectivity index (χ1) is 11.1. The summed E-state index contributed by atoms with van der Waals surface area (Å²) in [5, 5.41) is 9.78. The van der Waals surface area contributed by atoms with Gasteiger partial charge in [-0.2, -0.15) is 5.10 Å². The number of rotatable bonds is 2. The van der Waals surface area contributed by atoms with E-state index in [2.05, 4.69) is 35.8 Å². The highest BCUT2D eigenvalue weighted by atomic mass is 32.1. The van der Waals surface area contributed by atoms with Gasteiger partial charge in [0.25, 0.3) is 0 Å². The molecular weight excluding hydrogens is 306 g/mol. The van der Waals surface area contributed by atoms with Crippen molar-refractivity contribution in [2.45, 2.75) is 19.3 Å². The number of carbonyl (C=O) groups excluding carboxylic acids is 1. The topological polar surface area (TPSA) is 46.9 Å². The summed E-state index contributed by atoms with van der Waals surface area (Å²) < 4.78 is 1.78. The summed E-state index contributed by atoms with van der Waals surface area (Å²) in [7, 11) is 1.88. The zero-order valence-electron chi connectivity index (χ0n) is 13.0. The van der Waals surface area contributed by atoms with Crippen molar-refractivity contribution in [1.29, 1.82) is 0 Å². The van der Waals surface area contributed by atoms with E-state index in [9.17, 15) is 4.79 Å². The molecule has 3 aromatic rings. The second kappa shape index (κ2) is 5.35. The lowest BCUT2D eigenvalue weighted by molar-refractivity contribution is -0.116. The average Bonchev–Trinajstić information content (AvgIpc) is 3.12. The van der Waals surface area contributed by atoms with Crippen LogP contribution >= 0.6 is 11.3 Å². The van der Waals surface area contributed by atoms with Gasteiger partial charge in [0.2, 0.25) is 5.91 Å². The van der Waals surface area contributed by atoms with E-state index in [1.54, 1.807) is 16.0 Å². The Kier molecular flexibility index (Phi) is 3.31. The van der Waals surface area contributed by atoms with Crippen LogP contribution in [0.25, 0.3) is 11.3 Å². The van der Waals surface area contributed by atoms with E-state index >= 15 is 0 Å². The fourth-order valence-corrected chi connectivity index (χ4v) is 4.30. The van der Waals surface area contributed by atoms with E-state index in [1.807, 2.05) is 25.2 Å². The Labute approximate surface area is 138 Å². The minimum Gasteiger partial charge on any atom is -0.311 e. The van der Waals surface area contributed by atoms with Crippen LogP contribution in [0.4, 0.5) is 5.82 Å². The maximum absolute atomic E-state index is 12.2. The normalized spacial score (nSPS) is 17.0. The predicted molar refractivity (Wildman–Crippen MR) is 92.8 cm³/mol. The number of thiophene rings is 1. The fourth-order valence-electron chi connectivity index (χ4n) is 3.26. The zero-order chi connectivity index (χ0) is 16.0. The molecule has 23 heavy (non-hydrogen) atoms. The molecule has 0 fully saturated rings. The molecule has 0 radical (unpaired) electrons. The highest BCUT2D eigenvalue weighted by Gasteiger charge is 2.34. The van der Waals surface area contributed by atoms with Gasteiger partial charge in [-0.3, -0.25) is 9.48 Å². The van der Waals surface area contributed by atoms with Crippen molar-refractivity contribution >= 4 is 23.1 Å². The highest BCUT2D eigenvalue weighted by molar-refractivity contribution is 7.10. The molecule has 116 valence electrons. The Morgan fingerprint density at radius 1 is 1.26 bits per heavy atom. The summed E-state index contributed by atoms with van der Waals surface area (Å²) in [6, 6.07) is 12.3. The maximum Gasteiger partial charge on any atom is 0.226 e. The zero-order valence-corrected chi connectivity index (χ0v) is 13.9. The molecule has 0 saturated heterocycles. The van der Waals surface area contributed by atoms with Crippen molar-refractivity contribution in [3.63, 3.8) is 0 Å². The first-order valence-corrected chi connectivity index (χ1v) is 8.49. The number of hydrogen-bond donors (Lipinski definition) is 1. The van der Waals surface area contributed by atoms with Gasteiger partial charge in [0.15, 0.2) is 0 Å². The summed E-state index contributed by atoms with van der Waals surface area (Å²) in [6.07, 6.45) is 0.472. The molecule has 4 nitrogen and oxygen atoms in total. The fraction of sp³-hybridized carbons (Fsp3) is 0.222. The lowest BCUT2D eigenvalue weighted by Crippen LogP contribution is -2.24. The molecule has 1 aliphatic rings. The van der Waals surface area contributed by atoms with E-state index < -0.39 is 0 Å². The second-order valence-corrected chi connectivity index (χ2v) is 6.82. The molecule has 1 aliphatic heterocycles. The molecule has 1 amide bonds. The number of aromatic nitrogens is 2. The van der Waals surface area contributed by atoms with E-state index in [4.69, 9.17) is 5.10 Å². The van der Waals surface area contributed by atoms with Crippen LogP contribution < -0.4 is 5.32 Å². The molecule has 4 rings (SSSR count). The predicted octanol–water partition coefficient (Wildman–Crippen LogP) is 3.93. The summed E-state index contributed by atoms with van der Waals surface area (Å²) in [4.78, 5) is 13.4. The van der Waals surface area contributed by atoms with Crippen molar-refractivity contribution in [2.24, 2.45) is 7.05 Å². The van der Waals surface area contributed by atoms with Crippen LogP contribution in [0.1, 0.15) is 28.3 Å². The van der Waals surface area contributed by atoms with E-state index in [0.717, 1.165) is 22.6 Å². The average molecular weight is 323 g/mol. The van der Waals surface area contributed by atoms with Crippen molar-refractivity contribution < 1.29 is 4.79 Å². The van der Waals surface area contributed by atoms with E-state index in [1.165, 1.54) is 10.4 Å². The number of carbonyl (C=O) groups is 1. The monoisotopic (exact) mass is 323 g/mol. The minimum absolute atomic E-state index is 0.0536. The number of nitrogens with zero attached hydrogens (tertiary/aromatic N) is 2. The maximum atomic E-state index is 12.2. The standard InChI is InChI=1S/C18H17N3OS/c1-11-8-9-23-17(11)13-10-14(22)19-18-15(13)16(20-21(18)2)12-6-4-3-5-7-12/h3-9,13H,10H2,1-2H3,(H,19,22). The van der Waals surface area contributed by atoms with Gasteiger partial charge in [0.05, 0.1) is 5.69 Å². The number of fused-ring (bicyclic) bond motifs is 1. The molecule has 5 heteroatoms. The molecule has 1 atom stereocenters. The van der Waals surface area contributed by atoms with Crippen LogP contribution in [0.3, 0.4) is 0 Å². The van der Waals surface area contributed by atoms with E-state index in [-0.39, 0.29) is 11.8 Å². The van der Waals surface area contributed by atoms with Crippen molar-refractivity contribution in [3.8, 4) is 11.3 Å². The lowest BCUT2D eigenvalue weighted by Gasteiger charge is -2.24. The quantitative estimate of drug-likeness (QED) is 0.776. The smallest absolute Gasteiger partial charge is 0.226 e. The summed E-state index contributed by atoms with van der Waals surface area (Å²) >= 11 is 1.72. The number of anilines is 1. The number of benzene rings is 1. The molecule has 0 spiro atoms. The van der Waals surface area contributed by atoms with Gasteiger partial charge in [-0.15, -0.1) is 11.3 Å². The van der Waals surface area contributed by atoms with Gasteiger partial charge in [-0.25, -0.2) is 0 Å². The Hall–Kier alpha value is -2.40. The Balaban J connectivity index is 1.95. The van der Waals surface area contributed by atoms with Crippen molar-refractivity contribution in [3.05, 3.63) is 57.8 Å². The lowest BCUT2D eigenvalue weighted by atomic mass is 9.87. The van der Waals surface area contributed by atoms with Crippen LogP contribution in [0, 0.1) is 6.92 Å². The SMILES string of the molecule is Cc1ccsc1C1CC(=O)Nc2c1c(-c1ccccc1)nn2C. The number of aryl methyl sites for hydroxylation is 2. The molecule has 1 aromatic carbocycles. The third-order valence-corrected chi connectivity index (χ3v) is 5.48.